The summed E-state index contributed by atoms with van der Waals surface area (Å²) >= 11 is 0. The minimum absolute atomic E-state index is 0. The van der Waals surface area contributed by atoms with E-state index in [1.54, 1.807) is 0 Å². The largest absolute Gasteiger partial charge is 0.435 e. The van der Waals surface area contributed by atoms with Crippen molar-refractivity contribution in [3.05, 3.63) is 29.8 Å². The van der Waals surface area contributed by atoms with Gasteiger partial charge in [0.2, 0.25) is 5.91 Å². The molecule has 0 fully saturated rings. The fourth-order valence-corrected chi connectivity index (χ4v) is 1.40. The second-order valence-electron chi connectivity index (χ2n) is 4.00. The van der Waals surface area contributed by atoms with E-state index in [0.717, 1.165) is 0 Å². The number of para-hydroxylation sites is 1. The lowest BCUT2D eigenvalue weighted by Gasteiger charge is -2.15. The highest BCUT2D eigenvalue weighted by molar-refractivity contribution is 5.85. The van der Waals surface area contributed by atoms with Gasteiger partial charge in [-0.1, -0.05) is 18.2 Å². The van der Waals surface area contributed by atoms with Crippen LogP contribution in [0.15, 0.2) is 24.3 Å². The molecule has 9 heteroatoms. The molecule has 0 saturated carbocycles. The van der Waals surface area contributed by atoms with E-state index in [9.17, 15) is 22.4 Å². The van der Waals surface area contributed by atoms with Crippen molar-refractivity contribution in [2.45, 2.75) is 19.0 Å². The van der Waals surface area contributed by atoms with E-state index in [1.807, 2.05) is 5.32 Å². The molecule has 1 amide bonds. The summed E-state index contributed by atoms with van der Waals surface area (Å²) < 4.78 is 54.2. The molecule has 0 bridgehead atoms. The number of carbonyl (C=O) groups is 1. The van der Waals surface area contributed by atoms with Crippen LogP contribution in [0.5, 0.6) is 5.75 Å². The monoisotopic (exact) mass is 330 g/mol. The molecular weight excluding hydrogens is 316 g/mol. The van der Waals surface area contributed by atoms with Gasteiger partial charge in [0.15, 0.2) is 0 Å². The summed E-state index contributed by atoms with van der Waals surface area (Å²) in [5, 5.41) is 1.99. The molecule has 4 nitrogen and oxygen atoms in total. The van der Waals surface area contributed by atoms with Crippen LogP contribution in [0, 0.1) is 0 Å². The van der Waals surface area contributed by atoms with Gasteiger partial charge in [-0.2, -0.15) is 8.78 Å². The molecule has 1 rings (SSSR count). The van der Waals surface area contributed by atoms with Crippen LogP contribution < -0.4 is 15.8 Å². The Balaban J connectivity index is 0.00000400. The summed E-state index contributed by atoms with van der Waals surface area (Å²) in [7, 11) is 0. The van der Waals surface area contributed by atoms with E-state index in [2.05, 4.69) is 4.74 Å². The SMILES string of the molecule is Cl.NCC(F)(F)CNC(=O)Cc1ccccc1OC(F)F. The minimum Gasteiger partial charge on any atom is -0.435 e. The Labute approximate surface area is 125 Å². The van der Waals surface area contributed by atoms with Crippen LogP contribution in [-0.2, 0) is 11.2 Å². The summed E-state index contributed by atoms with van der Waals surface area (Å²) in [4.78, 5) is 11.5. The summed E-state index contributed by atoms with van der Waals surface area (Å²) in [6.45, 7) is -4.82. The van der Waals surface area contributed by atoms with Gasteiger partial charge in [-0.15, -0.1) is 12.4 Å². The summed E-state index contributed by atoms with van der Waals surface area (Å²) in [6, 6.07) is 5.65. The highest BCUT2D eigenvalue weighted by Crippen LogP contribution is 2.20. The maximum atomic E-state index is 12.8. The van der Waals surface area contributed by atoms with Gasteiger partial charge in [0.25, 0.3) is 5.92 Å². The molecule has 120 valence electrons. The maximum absolute atomic E-state index is 12.8. The van der Waals surface area contributed by atoms with Gasteiger partial charge in [0.1, 0.15) is 5.75 Å². The molecule has 1 aromatic carbocycles. The zero-order chi connectivity index (χ0) is 15.2. The van der Waals surface area contributed by atoms with E-state index < -0.39 is 31.5 Å². The Bertz CT molecular complexity index is 461. The number of nitrogens with one attached hydrogen (secondary N) is 1. The zero-order valence-electron chi connectivity index (χ0n) is 10.8. The number of benzene rings is 1. The van der Waals surface area contributed by atoms with Crippen molar-refractivity contribution in [2.75, 3.05) is 13.1 Å². The molecule has 1 aromatic rings. The van der Waals surface area contributed by atoms with E-state index in [0.29, 0.717) is 0 Å². The van der Waals surface area contributed by atoms with Gasteiger partial charge < -0.3 is 15.8 Å². The molecule has 0 spiro atoms. The Kier molecular flexibility index (Phi) is 8.05. The molecule has 0 aliphatic carbocycles. The first kappa shape index (κ1) is 19.5. The summed E-state index contributed by atoms with van der Waals surface area (Å²) in [5.41, 5.74) is 5.00. The van der Waals surface area contributed by atoms with Crippen LogP contribution in [0.3, 0.4) is 0 Å². The van der Waals surface area contributed by atoms with Gasteiger partial charge in [-0.3, -0.25) is 4.79 Å². The fourth-order valence-electron chi connectivity index (χ4n) is 1.40. The van der Waals surface area contributed by atoms with Crippen molar-refractivity contribution in [3.63, 3.8) is 0 Å². The third-order valence-corrected chi connectivity index (χ3v) is 2.38. The molecular formula is C12H15ClF4N2O2. The highest BCUT2D eigenvalue weighted by atomic mass is 35.5. The Morgan fingerprint density at radius 1 is 1.33 bits per heavy atom. The topological polar surface area (TPSA) is 64.3 Å². The lowest BCUT2D eigenvalue weighted by Crippen LogP contribution is -2.42. The Morgan fingerprint density at radius 2 is 1.95 bits per heavy atom. The van der Waals surface area contributed by atoms with Crippen molar-refractivity contribution in [2.24, 2.45) is 5.73 Å². The molecule has 0 heterocycles. The van der Waals surface area contributed by atoms with Crippen LogP contribution in [0.2, 0.25) is 0 Å². The van der Waals surface area contributed by atoms with Crippen LogP contribution in [0.25, 0.3) is 0 Å². The third kappa shape index (κ3) is 7.14. The van der Waals surface area contributed by atoms with E-state index in [1.165, 1.54) is 24.3 Å². The van der Waals surface area contributed by atoms with Gasteiger partial charge >= 0.3 is 6.61 Å². The van der Waals surface area contributed by atoms with E-state index in [4.69, 9.17) is 5.73 Å². The average molecular weight is 331 g/mol. The highest BCUT2D eigenvalue weighted by Gasteiger charge is 2.27. The normalized spacial score (nSPS) is 11.0. The standard InChI is InChI=1S/C12H14F4N2O2.ClH/c13-11(14)20-9-4-2-1-3-8(9)5-10(19)18-7-12(15,16)6-17;/h1-4,11H,5-7,17H2,(H,18,19);1H. The van der Waals surface area contributed by atoms with Crippen molar-refractivity contribution < 1.29 is 27.1 Å². The Morgan fingerprint density at radius 3 is 2.52 bits per heavy atom. The summed E-state index contributed by atoms with van der Waals surface area (Å²) in [5.74, 6) is -4.10. The van der Waals surface area contributed by atoms with E-state index in [-0.39, 0.29) is 30.1 Å². The van der Waals surface area contributed by atoms with Crippen molar-refractivity contribution in [1.29, 1.82) is 0 Å². The van der Waals surface area contributed by atoms with Crippen LogP contribution >= 0.6 is 12.4 Å². The molecule has 0 radical (unpaired) electrons. The summed E-state index contributed by atoms with van der Waals surface area (Å²) in [6.07, 6.45) is -0.344. The van der Waals surface area contributed by atoms with Crippen LogP contribution in [0.1, 0.15) is 5.56 Å². The molecule has 0 atom stereocenters. The Hall–Kier alpha value is -1.54. The quantitative estimate of drug-likeness (QED) is 0.751. The second-order valence-corrected chi connectivity index (χ2v) is 4.00. The number of alkyl halides is 4. The maximum Gasteiger partial charge on any atom is 0.387 e. The average Bonchev–Trinajstić information content (AvgIpc) is 2.38. The molecule has 0 aliphatic rings. The van der Waals surface area contributed by atoms with Crippen molar-refractivity contribution >= 4 is 18.3 Å². The number of amides is 1. The smallest absolute Gasteiger partial charge is 0.387 e. The first-order chi connectivity index (χ1) is 9.34. The molecule has 0 saturated heterocycles. The van der Waals surface area contributed by atoms with Crippen LogP contribution in [-0.4, -0.2) is 31.5 Å². The van der Waals surface area contributed by atoms with Crippen LogP contribution in [0.4, 0.5) is 17.6 Å². The number of ether oxygens (including phenoxy) is 1. The zero-order valence-corrected chi connectivity index (χ0v) is 11.6. The first-order valence-corrected chi connectivity index (χ1v) is 5.71. The number of carbonyl (C=O) groups excluding carboxylic acids is 1. The first-order valence-electron chi connectivity index (χ1n) is 5.71. The molecule has 21 heavy (non-hydrogen) atoms. The fraction of sp³-hybridized carbons (Fsp3) is 0.417. The minimum atomic E-state index is -3.20. The lowest BCUT2D eigenvalue weighted by atomic mass is 10.1. The number of nitrogens with two attached hydrogens (primary N) is 1. The molecule has 0 aliphatic heterocycles. The van der Waals surface area contributed by atoms with Crippen molar-refractivity contribution in [1.82, 2.24) is 5.32 Å². The van der Waals surface area contributed by atoms with Crippen molar-refractivity contribution in [3.8, 4) is 5.75 Å². The lowest BCUT2D eigenvalue weighted by molar-refractivity contribution is -0.122. The van der Waals surface area contributed by atoms with Gasteiger partial charge in [0, 0.05) is 5.56 Å². The number of rotatable bonds is 7. The predicted octanol–water partition coefficient (Wildman–Crippen LogP) is 1.96. The molecule has 0 unspecified atom stereocenters. The predicted molar refractivity (Wildman–Crippen MR) is 71.0 cm³/mol. The van der Waals surface area contributed by atoms with E-state index >= 15 is 0 Å². The van der Waals surface area contributed by atoms with Gasteiger partial charge in [0.05, 0.1) is 19.5 Å². The molecule has 3 N–H and O–H groups in total. The number of hydrogen-bond donors (Lipinski definition) is 2. The molecule has 0 aromatic heterocycles. The van der Waals surface area contributed by atoms with Gasteiger partial charge in [-0.05, 0) is 6.07 Å². The van der Waals surface area contributed by atoms with Gasteiger partial charge in [-0.25, -0.2) is 8.78 Å². The third-order valence-electron chi connectivity index (χ3n) is 2.38. The number of halogens is 5. The number of hydrogen-bond acceptors (Lipinski definition) is 3. The second kappa shape index (κ2) is 8.68.